The Morgan fingerprint density at radius 2 is 0.885 bits per heavy atom. The van der Waals surface area contributed by atoms with Gasteiger partial charge in [-0.3, -0.25) is 8.37 Å². The van der Waals surface area contributed by atoms with E-state index in [1.165, 1.54) is 0 Å². The van der Waals surface area contributed by atoms with E-state index in [4.69, 9.17) is 0 Å². The van der Waals surface area contributed by atoms with Gasteiger partial charge in [0.1, 0.15) is 0 Å². The second-order valence-corrected chi connectivity index (χ2v) is 7.05. The van der Waals surface area contributed by atoms with Crippen LogP contribution in [0.2, 0.25) is 0 Å². The average molecular weight is 444 g/mol. The molecule has 0 spiro atoms. The van der Waals surface area contributed by atoms with E-state index >= 15 is 0 Å². The van der Waals surface area contributed by atoms with E-state index < -0.39 is 44.5 Å². The summed E-state index contributed by atoms with van der Waals surface area (Å²) in [5, 5.41) is 0. The lowest BCUT2D eigenvalue weighted by Crippen LogP contribution is -2.26. The first-order valence-corrected chi connectivity index (χ1v) is 9.50. The smallest absolute Gasteiger partial charge is 0.379 e. The molecule has 8 nitrogen and oxygen atoms in total. The summed E-state index contributed by atoms with van der Waals surface area (Å²) in [6, 6.07) is 0. The Morgan fingerprint density at radius 1 is 0.615 bits per heavy atom. The van der Waals surface area contributed by atoms with Crippen molar-refractivity contribution in [3.8, 4) is 0 Å². The van der Waals surface area contributed by atoms with Gasteiger partial charge in [0.2, 0.25) is 0 Å². The van der Waals surface area contributed by atoms with Gasteiger partial charge < -0.3 is 9.47 Å². The Kier molecular flexibility index (Phi) is 12.6. The SMILES string of the molecule is CCOCCOS(=O)(=O)C(F)(F)F.CCOCCOS(=O)(=O)C(F)(F)F. The Hall–Kier alpha value is -0.680. The summed E-state index contributed by atoms with van der Waals surface area (Å²) in [7, 11) is -10.9. The zero-order valence-electron chi connectivity index (χ0n) is 13.6. The second kappa shape index (κ2) is 11.9. The summed E-state index contributed by atoms with van der Waals surface area (Å²) in [5.74, 6) is 0. The van der Waals surface area contributed by atoms with Crippen molar-refractivity contribution in [2.24, 2.45) is 0 Å². The van der Waals surface area contributed by atoms with Gasteiger partial charge in [-0.1, -0.05) is 0 Å². The van der Waals surface area contributed by atoms with E-state index in [0.29, 0.717) is 0 Å². The van der Waals surface area contributed by atoms with E-state index in [1.54, 1.807) is 13.8 Å². The molecular formula is C10H18F6O8S2. The standard InChI is InChI=1S/2C5H9F3O4S/c2*1-2-11-3-4-12-13(9,10)5(6,7)8/h2*2-4H2,1H3. The van der Waals surface area contributed by atoms with E-state index in [1.807, 2.05) is 0 Å². The Labute approximate surface area is 146 Å². The topological polar surface area (TPSA) is 105 Å². The van der Waals surface area contributed by atoms with Crippen LogP contribution >= 0.6 is 0 Å². The fourth-order valence-corrected chi connectivity index (χ4v) is 1.67. The molecule has 0 radical (unpaired) electrons. The molecule has 0 amide bonds. The number of ether oxygens (including phenoxy) is 2. The van der Waals surface area contributed by atoms with Crippen LogP contribution in [0.1, 0.15) is 13.8 Å². The van der Waals surface area contributed by atoms with Crippen LogP contribution in [0.4, 0.5) is 26.3 Å². The van der Waals surface area contributed by atoms with Gasteiger partial charge in [-0.05, 0) is 13.8 Å². The van der Waals surface area contributed by atoms with Gasteiger partial charge in [0, 0.05) is 13.2 Å². The maximum absolute atomic E-state index is 11.6. The molecule has 0 saturated carbocycles. The monoisotopic (exact) mass is 444 g/mol. The van der Waals surface area contributed by atoms with Crippen LogP contribution < -0.4 is 0 Å². The minimum Gasteiger partial charge on any atom is -0.379 e. The van der Waals surface area contributed by atoms with E-state index in [0.717, 1.165) is 0 Å². The predicted molar refractivity (Wildman–Crippen MR) is 74.8 cm³/mol. The van der Waals surface area contributed by atoms with Crippen molar-refractivity contribution in [1.29, 1.82) is 0 Å². The van der Waals surface area contributed by atoms with Crippen LogP contribution in [0.25, 0.3) is 0 Å². The van der Waals surface area contributed by atoms with Crippen molar-refractivity contribution in [3.05, 3.63) is 0 Å². The zero-order valence-corrected chi connectivity index (χ0v) is 15.2. The molecule has 0 fully saturated rings. The molecule has 0 aliphatic heterocycles. The maximum Gasteiger partial charge on any atom is 0.523 e. The van der Waals surface area contributed by atoms with Crippen molar-refractivity contribution < 1.29 is 61.0 Å². The molecule has 0 aromatic rings. The van der Waals surface area contributed by atoms with Crippen LogP contribution in [-0.2, 0) is 38.1 Å². The van der Waals surface area contributed by atoms with E-state index in [2.05, 4.69) is 17.8 Å². The van der Waals surface area contributed by atoms with Crippen LogP contribution in [0.3, 0.4) is 0 Å². The van der Waals surface area contributed by atoms with Gasteiger partial charge in [0.25, 0.3) is 0 Å². The summed E-state index contributed by atoms with van der Waals surface area (Å²) < 4.78 is 127. The van der Waals surface area contributed by atoms with Gasteiger partial charge in [0.05, 0.1) is 26.4 Å². The molecule has 26 heavy (non-hydrogen) atoms. The molecule has 0 rings (SSSR count). The van der Waals surface area contributed by atoms with Crippen LogP contribution in [-0.4, -0.2) is 67.5 Å². The molecule has 0 aliphatic rings. The molecule has 0 aliphatic carbocycles. The Balaban J connectivity index is 0. The molecule has 0 aromatic heterocycles. The minimum absolute atomic E-state index is 0.189. The van der Waals surface area contributed by atoms with E-state index in [9.17, 15) is 43.2 Å². The predicted octanol–water partition coefficient (Wildman–Crippen LogP) is 1.78. The van der Waals surface area contributed by atoms with Gasteiger partial charge >= 0.3 is 31.3 Å². The highest BCUT2D eigenvalue weighted by molar-refractivity contribution is 7.87. The van der Waals surface area contributed by atoms with Crippen LogP contribution in [0.5, 0.6) is 0 Å². The first-order valence-electron chi connectivity index (χ1n) is 6.69. The highest BCUT2D eigenvalue weighted by Crippen LogP contribution is 2.24. The van der Waals surface area contributed by atoms with Gasteiger partial charge in [-0.25, -0.2) is 0 Å². The largest absolute Gasteiger partial charge is 0.523 e. The molecule has 0 bridgehead atoms. The molecule has 0 unspecified atom stereocenters. The van der Waals surface area contributed by atoms with Crippen LogP contribution in [0.15, 0.2) is 0 Å². The summed E-state index contributed by atoms with van der Waals surface area (Å²) >= 11 is 0. The van der Waals surface area contributed by atoms with E-state index in [-0.39, 0.29) is 26.4 Å². The lowest BCUT2D eigenvalue weighted by molar-refractivity contribution is -0.0559. The van der Waals surface area contributed by atoms with Gasteiger partial charge in [0.15, 0.2) is 0 Å². The molecule has 160 valence electrons. The fourth-order valence-electron chi connectivity index (χ4n) is 0.828. The van der Waals surface area contributed by atoms with Crippen molar-refractivity contribution in [3.63, 3.8) is 0 Å². The summed E-state index contributed by atoms with van der Waals surface area (Å²) in [4.78, 5) is 0. The third kappa shape index (κ3) is 11.8. The fraction of sp³-hybridized carbons (Fsp3) is 1.00. The normalized spacial score (nSPS) is 13.2. The van der Waals surface area contributed by atoms with Crippen LogP contribution in [0, 0.1) is 0 Å². The lowest BCUT2D eigenvalue weighted by atomic mass is 10.8. The van der Waals surface area contributed by atoms with Crippen molar-refractivity contribution in [2.45, 2.75) is 24.9 Å². The zero-order chi connectivity index (χ0) is 21.1. The number of hydrogen-bond acceptors (Lipinski definition) is 8. The minimum atomic E-state index is -5.46. The molecule has 0 N–H and O–H groups in total. The average Bonchev–Trinajstić information content (AvgIpc) is 2.46. The molecule has 0 saturated heterocycles. The Morgan fingerprint density at radius 3 is 1.08 bits per heavy atom. The molecular weight excluding hydrogens is 426 g/mol. The lowest BCUT2D eigenvalue weighted by Gasteiger charge is -2.07. The quantitative estimate of drug-likeness (QED) is 0.217. The number of hydrogen-bond donors (Lipinski definition) is 0. The third-order valence-electron chi connectivity index (χ3n) is 1.91. The van der Waals surface area contributed by atoms with Gasteiger partial charge in [-0.2, -0.15) is 43.2 Å². The number of halogens is 6. The highest BCUT2D eigenvalue weighted by atomic mass is 32.2. The first kappa shape index (κ1) is 27.5. The summed E-state index contributed by atoms with van der Waals surface area (Å²) in [6.07, 6.45) is 0. The van der Waals surface area contributed by atoms with Crippen molar-refractivity contribution >= 4 is 20.2 Å². The molecule has 16 heteroatoms. The molecule has 0 heterocycles. The highest BCUT2D eigenvalue weighted by Gasteiger charge is 2.47. The second-order valence-electron chi connectivity index (χ2n) is 3.84. The maximum atomic E-state index is 11.6. The van der Waals surface area contributed by atoms with Gasteiger partial charge in [-0.15, -0.1) is 0 Å². The summed E-state index contributed by atoms with van der Waals surface area (Å²) in [6.45, 7) is 2.18. The number of alkyl halides is 6. The third-order valence-corrected chi connectivity index (χ3v) is 4.00. The molecule has 0 atom stereocenters. The first-order chi connectivity index (χ1) is 11.6. The Bertz CT molecular complexity index is 517. The van der Waals surface area contributed by atoms with Crippen molar-refractivity contribution in [1.82, 2.24) is 0 Å². The molecule has 0 aromatic carbocycles. The van der Waals surface area contributed by atoms with Crippen molar-refractivity contribution in [2.75, 3.05) is 39.6 Å². The summed E-state index contributed by atoms with van der Waals surface area (Å²) in [5.41, 5.74) is -10.7. The number of rotatable bonds is 10.